The van der Waals surface area contributed by atoms with Gasteiger partial charge in [-0.25, -0.2) is 0 Å². The Balaban J connectivity index is 1.42. The normalized spacial score (nSPS) is 14.9. The number of benzene rings is 4. The molecule has 0 aliphatic heterocycles. The van der Waals surface area contributed by atoms with Crippen LogP contribution < -0.4 is 16.0 Å². The molecule has 216 valence electrons. The summed E-state index contributed by atoms with van der Waals surface area (Å²) in [6.07, 6.45) is 1.89. The van der Waals surface area contributed by atoms with Crippen LogP contribution in [0.1, 0.15) is 57.7 Å². The van der Waals surface area contributed by atoms with Crippen molar-refractivity contribution in [2.24, 2.45) is 0 Å². The summed E-state index contributed by atoms with van der Waals surface area (Å²) < 4.78 is 0. The second-order valence-electron chi connectivity index (χ2n) is 10.9. The molecular weight excluding hydrogens is 546 g/mol. The minimum absolute atomic E-state index is 0.223. The van der Waals surface area contributed by atoms with Crippen molar-refractivity contribution in [1.29, 1.82) is 0 Å². The van der Waals surface area contributed by atoms with Crippen LogP contribution in [0.25, 0.3) is 11.1 Å². The number of carbonyl (C=O) groups is 2. The molecule has 1 aliphatic rings. The topological polar surface area (TPSA) is 90.5 Å². The van der Waals surface area contributed by atoms with Crippen molar-refractivity contribution in [3.05, 3.63) is 130 Å². The Morgan fingerprint density at radius 2 is 1.40 bits per heavy atom. The van der Waals surface area contributed by atoms with Gasteiger partial charge in [-0.2, -0.15) is 0 Å². The van der Waals surface area contributed by atoms with Crippen molar-refractivity contribution in [2.45, 2.75) is 50.4 Å². The molecule has 1 saturated carbocycles. The number of aliphatic hydroxyl groups is 1. The van der Waals surface area contributed by atoms with Crippen LogP contribution in [-0.2, 0) is 6.42 Å². The number of halogens is 1. The van der Waals surface area contributed by atoms with Crippen LogP contribution in [0.2, 0.25) is 5.02 Å². The molecule has 0 unspecified atom stereocenters. The SMILES string of the molecule is C[C@@H](NC(=O)c1cc(C(=O)N[C@@H](Cc2ccccc2)[C@H](O)CNC2CC2)cc(-c2ccc(Cl)cc2)c1)c1ccccc1. The Hall–Kier alpha value is -3.97. The van der Waals surface area contributed by atoms with Crippen molar-refractivity contribution in [3.8, 4) is 11.1 Å². The van der Waals surface area contributed by atoms with E-state index in [1.54, 1.807) is 30.3 Å². The van der Waals surface area contributed by atoms with Crippen molar-refractivity contribution >= 4 is 23.4 Å². The summed E-state index contributed by atoms with van der Waals surface area (Å²) in [5.74, 6) is -0.645. The molecule has 0 aromatic heterocycles. The zero-order valence-corrected chi connectivity index (χ0v) is 24.4. The van der Waals surface area contributed by atoms with E-state index >= 15 is 0 Å². The monoisotopic (exact) mass is 581 g/mol. The highest BCUT2D eigenvalue weighted by Crippen LogP contribution is 2.25. The lowest BCUT2D eigenvalue weighted by atomic mass is 9.97. The Morgan fingerprint density at radius 3 is 2.02 bits per heavy atom. The number of rotatable bonds is 12. The minimum atomic E-state index is -0.788. The first kappa shape index (κ1) is 29.5. The van der Waals surface area contributed by atoms with E-state index in [2.05, 4.69) is 16.0 Å². The fourth-order valence-corrected chi connectivity index (χ4v) is 5.05. The number of hydrogen-bond donors (Lipinski definition) is 4. The van der Waals surface area contributed by atoms with Gasteiger partial charge < -0.3 is 21.1 Å². The fourth-order valence-electron chi connectivity index (χ4n) is 4.92. The highest BCUT2D eigenvalue weighted by Gasteiger charge is 2.27. The van der Waals surface area contributed by atoms with Crippen LogP contribution in [0.3, 0.4) is 0 Å². The summed E-state index contributed by atoms with van der Waals surface area (Å²) >= 11 is 6.12. The maximum Gasteiger partial charge on any atom is 0.251 e. The summed E-state index contributed by atoms with van der Waals surface area (Å²) in [5, 5.41) is 21.2. The van der Waals surface area contributed by atoms with Gasteiger partial charge in [-0.1, -0.05) is 84.4 Å². The summed E-state index contributed by atoms with van der Waals surface area (Å²) in [7, 11) is 0. The molecule has 0 heterocycles. The van der Waals surface area contributed by atoms with Gasteiger partial charge in [0, 0.05) is 28.7 Å². The third-order valence-corrected chi connectivity index (χ3v) is 7.81. The quantitative estimate of drug-likeness (QED) is 0.166. The van der Waals surface area contributed by atoms with Crippen LogP contribution in [0, 0.1) is 0 Å². The molecule has 6 nitrogen and oxygen atoms in total. The Kier molecular flexibility index (Phi) is 9.70. The van der Waals surface area contributed by atoms with Crippen LogP contribution in [-0.4, -0.2) is 41.7 Å². The summed E-state index contributed by atoms with van der Waals surface area (Å²) in [6.45, 7) is 2.31. The molecule has 42 heavy (non-hydrogen) atoms. The van der Waals surface area contributed by atoms with E-state index in [0.29, 0.717) is 40.7 Å². The zero-order chi connectivity index (χ0) is 29.5. The molecule has 7 heteroatoms. The van der Waals surface area contributed by atoms with Gasteiger partial charge in [0.2, 0.25) is 0 Å². The first-order valence-electron chi connectivity index (χ1n) is 14.4. The van der Waals surface area contributed by atoms with Crippen molar-refractivity contribution < 1.29 is 14.7 Å². The summed E-state index contributed by atoms with van der Waals surface area (Å²) in [6, 6.07) is 31.6. The minimum Gasteiger partial charge on any atom is -0.390 e. The van der Waals surface area contributed by atoms with E-state index in [1.165, 1.54) is 0 Å². The lowest BCUT2D eigenvalue weighted by Crippen LogP contribution is -2.49. The molecule has 0 saturated heterocycles. The van der Waals surface area contributed by atoms with Crippen molar-refractivity contribution in [1.82, 2.24) is 16.0 Å². The molecule has 1 aliphatic carbocycles. The second-order valence-corrected chi connectivity index (χ2v) is 11.4. The average Bonchev–Trinajstić information content (AvgIpc) is 3.85. The van der Waals surface area contributed by atoms with Crippen molar-refractivity contribution in [3.63, 3.8) is 0 Å². The smallest absolute Gasteiger partial charge is 0.251 e. The standard InChI is InChI=1S/C35H36ClN3O3/c1-23(25-10-6-3-7-11-25)38-34(41)28-19-27(26-12-14-30(36)15-13-26)20-29(21-28)35(42)39-32(18-24-8-4-2-5-9-24)33(40)22-37-31-16-17-31/h2-15,19-21,23,31-33,37,40H,16-18,22H2,1H3,(H,38,41)(H,39,42)/t23-,32+,33-/m1/s1. The predicted molar refractivity (Wildman–Crippen MR) is 168 cm³/mol. The van der Waals surface area contributed by atoms with Gasteiger partial charge in [0.25, 0.3) is 11.8 Å². The Bertz CT molecular complexity index is 1490. The zero-order valence-electron chi connectivity index (χ0n) is 23.6. The number of hydrogen-bond acceptors (Lipinski definition) is 4. The number of carbonyl (C=O) groups excluding carboxylic acids is 2. The highest BCUT2D eigenvalue weighted by atomic mass is 35.5. The van der Waals surface area contributed by atoms with E-state index in [1.807, 2.05) is 79.7 Å². The molecule has 0 spiro atoms. The van der Waals surface area contributed by atoms with Crippen LogP contribution in [0.15, 0.2) is 103 Å². The molecule has 1 fully saturated rings. The number of aliphatic hydroxyl groups excluding tert-OH is 1. The van der Waals surface area contributed by atoms with Gasteiger partial charge >= 0.3 is 0 Å². The van der Waals surface area contributed by atoms with E-state index in [4.69, 9.17) is 11.6 Å². The average molecular weight is 582 g/mol. The lowest BCUT2D eigenvalue weighted by Gasteiger charge is -2.25. The Labute approximate surface area is 252 Å². The third kappa shape index (κ3) is 8.07. The summed E-state index contributed by atoms with van der Waals surface area (Å²) in [5.41, 5.74) is 4.24. The van der Waals surface area contributed by atoms with Gasteiger partial charge in [0.15, 0.2) is 0 Å². The Morgan fingerprint density at radius 1 is 0.810 bits per heavy atom. The summed E-state index contributed by atoms with van der Waals surface area (Å²) in [4.78, 5) is 27.2. The maximum absolute atomic E-state index is 13.8. The molecule has 4 aromatic carbocycles. The van der Waals surface area contributed by atoms with E-state index in [-0.39, 0.29) is 17.9 Å². The molecule has 2 amide bonds. The second kappa shape index (κ2) is 13.8. The maximum atomic E-state index is 13.8. The first-order valence-corrected chi connectivity index (χ1v) is 14.8. The van der Waals surface area contributed by atoms with Gasteiger partial charge in [0.1, 0.15) is 0 Å². The lowest BCUT2D eigenvalue weighted by molar-refractivity contribution is 0.0830. The molecule has 4 N–H and O–H groups in total. The highest BCUT2D eigenvalue weighted by molar-refractivity contribution is 6.30. The molecule has 4 aromatic rings. The van der Waals surface area contributed by atoms with Crippen LogP contribution >= 0.6 is 11.6 Å². The molecular formula is C35H36ClN3O3. The first-order chi connectivity index (χ1) is 20.4. The van der Waals surface area contributed by atoms with E-state index in [0.717, 1.165) is 29.5 Å². The third-order valence-electron chi connectivity index (χ3n) is 7.55. The molecule has 3 atom stereocenters. The number of nitrogens with one attached hydrogen (secondary N) is 3. The van der Waals surface area contributed by atoms with Crippen LogP contribution in [0.4, 0.5) is 0 Å². The number of amides is 2. The largest absolute Gasteiger partial charge is 0.390 e. The predicted octanol–water partition coefficient (Wildman–Crippen LogP) is 5.95. The van der Waals surface area contributed by atoms with E-state index in [9.17, 15) is 14.7 Å². The molecule has 5 rings (SSSR count). The molecule has 0 bridgehead atoms. The fraction of sp³-hybridized carbons (Fsp3) is 0.257. The van der Waals surface area contributed by atoms with Gasteiger partial charge in [-0.05, 0) is 78.8 Å². The van der Waals surface area contributed by atoms with Crippen molar-refractivity contribution in [2.75, 3.05) is 6.54 Å². The molecule has 0 radical (unpaired) electrons. The van der Waals surface area contributed by atoms with Gasteiger partial charge in [0.05, 0.1) is 18.2 Å². The van der Waals surface area contributed by atoms with Crippen LogP contribution in [0.5, 0.6) is 0 Å². The van der Waals surface area contributed by atoms with E-state index < -0.39 is 12.1 Å². The van der Waals surface area contributed by atoms with Gasteiger partial charge in [-0.3, -0.25) is 9.59 Å². The van der Waals surface area contributed by atoms with Gasteiger partial charge in [-0.15, -0.1) is 0 Å².